The van der Waals surface area contributed by atoms with Gasteiger partial charge in [-0.3, -0.25) is 4.79 Å². The fourth-order valence-corrected chi connectivity index (χ4v) is 4.58. The maximum atomic E-state index is 13.4. The van der Waals surface area contributed by atoms with Crippen LogP contribution >= 0.6 is 0 Å². The van der Waals surface area contributed by atoms with Gasteiger partial charge in [0.2, 0.25) is 5.78 Å². The topological polar surface area (TPSA) is 69.3 Å². The van der Waals surface area contributed by atoms with Crippen LogP contribution in [0.2, 0.25) is 0 Å². The van der Waals surface area contributed by atoms with Crippen LogP contribution in [-0.2, 0) is 10.0 Å². The monoisotopic (exact) mass is 375 g/mol. The summed E-state index contributed by atoms with van der Waals surface area (Å²) < 4.78 is 33.0. The normalized spacial score (nSPS) is 11.4. The zero-order valence-electron chi connectivity index (χ0n) is 14.0. The van der Waals surface area contributed by atoms with Gasteiger partial charge in [0.15, 0.2) is 5.76 Å². The third-order valence-electron chi connectivity index (χ3n) is 4.22. The van der Waals surface area contributed by atoms with Gasteiger partial charge in [-0.25, -0.2) is 12.4 Å². The van der Waals surface area contributed by atoms with Gasteiger partial charge in [-0.15, -0.1) is 6.42 Å². The molecule has 0 aliphatic carbocycles. The number of carbonyl (C=O) groups excluding carboxylic acids is 1. The number of ketones is 1. The number of terminal acetylenes is 1. The molecule has 0 bridgehead atoms. The van der Waals surface area contributed by atoms with Gasteiger partial charge in [-0.1, -0.05) is 42.3 Å². The highest BCUT2D eigenvalue weighted by Crippen LogP contribution is 2.31. The molecule has 0 aliphatic heterocycles. The van der Waals surface area contributed by atoms with E-state index in [2.05, 4.69) is 5.92 Å². The van der Waals surface area contributed by atoms with E-state index in [1.54, 1.807) is 48.5 Å². The number of hydrogen-bond acceptors (Lipinski definition) is 4. The van der Waals surface area contributed by atoms with Crippen LogP contribution in [0.5, 0.6) is 0 Å². The minimum atomic E-state index is -4.06. The number of para-hydroxylation sites is 1. The third kappa shape index (κ3) is 2.57. The summed E-state index contributed by atoms with van der Waals surface area (Å²) in [7, 11) is -4.06. The van der Waals surface area contributed by atoms with Crippen molar-refractivity contribution in [1.29, 1.82) is 0 Å². The van der Waals surface area contributed by atoms with Gasteiger partial charge in [0.1, 0.15) is 5.69 Å². The summed E-state index contributed by atoms with van der Waals surface area (Å²) in [5.41, 5.74) is 0.438. The summed E-state index contributed by atoms with van der Waals surface area (Å²) >= 11 is 0. The van der Waals surface area contributed by atoms with E-state index in [-0.39, 0.29) is 21.9 Å². The Morgan fingerprint density at radius 3 is 2.33 bits per heavy atom. The first kappa shape index (κ1) is 16.9. The summed E-state index contributed by atoms with van der Waals surface area (Å²) in [5, 5.41) is 0.509. The largest absolute Gasteiger partial charge is 0.461 e. The molecule has 0 N–H and O–H groups in total. The fourth-order valence-electron chi connectivity index (χ4n) is 3.04. The Labute approximate surface area is 155 Å². The minimum absolute atomic E-state index is 0.0128. The van der Waals surface area contributed by atoms with Gasteiger partial charge in [0.05, 0.1) is 22.2 Å². The highest BCUT2D eigenvalue weighted by molar-refractivity contribution is 7.90. The standard InChI is InChI=1S/C21H13NO4S/c1-2-16-17-11-6-7-12-18(17)22(20(16)21(23)19-13-8-14-26-19)27(24,25)15-9-4-3-5-10-15/h1,3-14H. The molecular formula is C21H13NO4S. The lowest BCUT2D eigenvalue weighted by molar-refractivity contribution is 0.100. The van der Waals surface area contributed by atoms with Crippen molar-refractivity contribution >= 4 is 26.7 Å². The molecule has 0 amide bonds. The van der Waals surface area contributed by atoms with Crippen molar-refractivity contribution in [3.8, 4) is 12.3 Å². The molecule has 132 valence electrons. The first-order chi connectivity index (χ1) is 13.1. The number of hydrogen-bond donors (Lipinski definition) is 0. The molecule has 0 aliphatic rings. The molecule has 0 unspecified atom stereocenters. The average molecular weight is 375 g/mol. The highest BCUT2D eigenvalue weighted by atomic mass is 32.2. The van der Waals surface area contributed by atoms with Crippen LogP contribution in [0.3, 0.4) is 0 Å². The molecule has 27 heavy (non-hydrogen) atoms. The molecule has 6 heteroatoms. The van der Waals surface area contributed by atoms with Gasteiger partial charge >= 0.3 is 0 Å². The molecular weight excluding hydrogens is 362 g/mol. The lowest BCUT2D eigenvalue weighted by Gasteiger charge is -2.11. The number of rotatable bonds is 4. The van der Waals surface area contributed by atoms with E-state index in [0.29, 0.717) is 10.9 Å². The fraction of sp³-hybridized carbons (Fsp3) is 0. The predicted molar refractivity (Wildman–Crippen MR) is 101 cm³/mol. The molecule has 2 heterocycles. The van der Waals surface area contributed by atoms with E-state index < -0.39 is 15.8 Å². The zero-order chi connectivity index (χ0) is 19.0. The zero-order valence-corrected chi connectivity index (χ0v) is 14.8. The van der Waals surface area contributed by atoms with Crippen LogP contribution in [0.15, 0.2) is 82.3 Å². The van der Waals surface area contributed by atoms with Crippen LogP contribution in [0.1, 0.15) is 21.8 Å². The summed E-state index contributed by atoms with van der Waals surface area (Å²) in [5.74, 6) is 1.90. The SMILES string of the molecule is C#Cc1c(C(=O)c2ccco2)n(S(=O)(=O)c2ccccc2)c2ccccc12. The highest BCUT2D eigenvalue weighted by Gasteiger charge is 2.31. The lowest BCUT2D eigenvalue weighted by Crippen LogP contribution is -2.19. The molecule has 0 fully saturated rings. The van der Waals surface area contributed by atoms with Gasteiger partial charge in [0, 0.05) is 5.39 Å². The second-order valence-electron chi connectivity index (χ2n) is 5.77. The first-order valence-electron chi connectivity index (χ1n) is 8.04. The third-order valence-corrected chi connectivity index (χ3v) is 5.95. The van der Waals surface area contributed by atoms with Crippen LogP contribution in [-0.4, -0.2) is 18.2 Å². The number of furan rings is 1. The molecule has 2 aromatic heterocycles. The summed E-state index contributed by atoms with van der Waals surface area (Å²) in [6.07, 6.45) is 7.01. The van der Waals surface area contributed by atoms with E-state index >= 15 is 0 Å². The Hall–Kier alpha value is -3.56. The van der Waals surface area contributed by atoms with Gasteiger partial charge in [0.25, 0.3) is 10.0 Å². The van der Waals surface area contributed by atoms with Gasteiger partial charge in [-0.05, 0) is 30.3 Å². The Morgan fingerprint density at radius 1 is 0.963 bits per heavy atom. The van der Waals surface area contributed by atoms with Crippen molar-refractivity contribution in [2.75, 3.05) is 0 Å². The predicted octanol–water partition coefficient (Wildman–Crippen LogP) is 3.68. The van der Waals surface area contributed by atoms with E-state index in [1.807, 2.05) is 0 Å². The molecule has 0 radical (unpaired) electrons. The Morgan fingerprint density at radius 2 is 1.67 bits per heavy atom. The second kappa shape index (κ2) is 6.31. The molecule has 0 saturated heterocycles. The number of carbonyl (C=O) groups is 1. The molecule has 2 aromatic carbocycles. The maximum Gasteiger partial charge on any atom is 0.268 e. The van der Waals surface area contributed by atoms with Crippen molar-refractivity contribution in [3.63, 3.8) is 0 Å². The minimum Gasteiger partial charge on any atom is -0.461 e. The van der Waals surface area contributed by atoms with Gasteiger partial charge in [-0.2, -0.15) is 0 Å². The van der Waals surface area contributed by atoms with E-state index in [9.17, 15) is 13.2 Å². The van der Waals surface area contributed by atoms with Crippen molar-refractivity contribution in [1.82, 2.24) is 3.97 Å². The van der Waals surface area contributed by atoms with Crippen LogP contribution in [0, 0.1) is 12.3 Å². The average Bonchev–Trinajstić information content (AvgIpc) is 3.34. The number of aromatic nitrogens is 1. The summed E-state index contributed by atoms with van der Waals surface area (Å²) in [6.45, 7) is 0. The van der Waals surface area contributed by atoms with Crippen molar-refractivity contribution in [2.45, 2.75) is 4.90 Å². The molecule has 0 atom stereocenters. The van der Waals surface area contributed by atoms with Crippen molar-refractivity contribution in [2.24, 2.45) is 0 Å². The Bertz CT molecular complexity index is 1290. The molecule has 4 rings (SSSR count). The van der Waals surface area contributed by atoms with Gasteiger partial charge < -0.3 is 4.42 Å². The first-order valence-corrected chi connectivity index (χ1v) is 9.48. The number of fused-ring (bicyclic) bond motifs is 1. The Balaban J connectivity index is 2.13. The molecule has 4 aromatic rings. The van der Waals surface area contributed by atoms with Crippen LogP contribution < -0.4 is 0 Å². The quantitative estimate of drug-likeness (QED) is 0.403. The van der Waals surface area contributed by atoms with Crippen LogP contribution in [0.4, 0.5) is 0 Å². The summed E-state index contributed by atoms with van der Waals surface area (Å²) in [4.78, 5) is 13.1. The second-order valence-corrected chi connectivity index (χ2v) is 7.56. The smallest absolute Gasteiger partial charge is 0.268 e. The number of nitrogens with zero attached hydrogens (tertiary/aromatic N) is 1. The number of benzene rings is 2. The molecule has 5 nitrogen and oxygen atoms in total. The maximum absolute atomic E-state index is 13.4. The van der Waals surface area contributed by atoms with E-state index in [0.717, 1.165) is 3.97 Å². The Kier molecular flexibility index (Phi) is 3.94. The summed E-state index contributed by atoms with van der Waals surface area (Å²) in [6, 6.07) is 17.7. The van der Waals surface area contributed by atoms with Crippen molar-refractivity contribution in [3.05, 3.63) is 90.0 Å². The van der Waals surface area contributed by atoms with E-state index in [4.69, 9.17) is 10.8 Å². The van der Waals surface area contributed by atoms with E-state index in [1.165, 1.54) is 24.5 Å². The molecule has 0 saturated carbocycles. The molecule has 0 spiro atoms. The van der Waals surface area contributed by atoms with Crippen LogP contribution in [0.25, 0.3) is 10.9 Å². The lowest BCUT2D eigenvalue weighted by atomic mass is 10.1. The van der Waals surface area contributed by atoms with Crippen molar-refractivity contribution < 1.29 is 17.6 Å².